The van der Waals surface area contributed by atoms with Crippen LogP contribution in [0.5, 0.6) is 5.75 Å². The molecule has 136 valence electrons. The lowest BCUT2D eigenvalue weighted by atomic mass is 10.1. The molecule has 0 saturated heterocycles. The topological polar surface area (TPSA) is 52.6 Å². The predicted molar refractivity (Wildman–Crippen MR) is 107 cm³/mol. The van der Waals surface area contributed by atoms with E-state index in [1.54, 1.807) is 30.3 Å². The van der Waals surface area contributed by atoms with E-state index in [2.05, 4.69) is 15.9 Å². The van der Waals surface area contributed by atoms with Gasteiger partial charge in [-0.15, -0.1) is 0 Å². The predicted octanol–water partition coefficient (Wildman–Crippen LogP) is 4.92. The van der Waals surface area contributed by atoms with Crippen molar-refractivity contribution in [3.05, 3.63) is 88.9 Å². The smallest absolute Gasteiger partial charge is 0.344 e. The summed E-state index contributed by atoms with van der Waals surface area (Å²) in [4.78, 5) is 23.8. The van der Waals surface area contributed by atoms with E-state index in [0.29, 0.717) is 11.3 Å². The molecule has 0 aliphatic heterocycles. The van der Waals surface area contributed by atoms with Crippen LogP contribution in [0.2, 0.25) is 0 Å². The van der Waals surface area contributed by atoms with Crippen LogP contribution in [0.15, 0.2) is 83.3 Å². The molecular weight excluding hydrogens is 408 g/mol. The van der Waals surface area contributed by atoms with Crippen LogP contribution >= 0.6 is 15.9 Å². The van der Waals surface area contributed by atoms with Gasteiger partial charge in [0.1, 0.15) is 5.75 Å². The van der Waals surface area contributed by atoms with Crippen LogP contribution < -0.4 is 4.74 Å². The Morgan fingerprint density at radius 3 is 2.19 bits per heavy atom. The van der Waals surface area contributed by atoms with E-state index in [0.717, 1.165) is 15.6 Å². The third kappa shape index (κ3) is 5.53. The van der Waals surface area contributed by atoms with Gasteiger partial charge in [0.05, 0.1) is 0 Å². The SMILES string of the molecule is O=C(COc1ccc(-c2ccccc2)cc1)OCC(=O)c1cccc(Br)c1. The molecule has 0 unspecified atom stereocenters. The summed E-state index contributed by atoms with van der Waals surface area (Å²) in [6, 6.07) is 24.3. The fraction of sp³-hybridized carbons (Fsp3) is 0.0909. The summed E-state index contributed by atoms with van der Waals surface area (Å²) in [5.41, 5.74) is 2.65. The van der Waals surface area contributed by atoms with E-state index in [9.17, 15) is 9.59 Å². The number of Topliss-reactive ketones (excluding diaryl/α,β-unsaturated/α-hetero) is 1. The molecule has 0 aromatic heterocycles. The normalized spacial score (nSPS) is 10.3. The molecule has 5 heteroatoms. The van der Waals surface area contributed by atoms with E-state index in [4.69, 9.17) is 9.47 Å². The van der Waals surface area contributed by atoms with E-state index in [-0.39, 0.29) is 19.0 Å². The summed E-state index contributed by atoms with van der Waals surface area (Å²) in [6.07, 6.45) is 0. The molecule has 0 aliphatic carbocycles. The molecule has 3 aromatic rings. The number of halogens is 1. The molecule has 0 heterocycles. The van der Waals surface area contributed by atoms with Gasteiger partial charge >= 0.3 is 5.97 Å². The van der Waals surface area contributed by atoms with Gasteiger partial charge in [0.2, 0.25) is 0 Å². The minimum absolute atomic E-state index is 0.254. The second-order valence-corrected chi connectivity index (χ2v) is 6.69. The lowest BCUT2D eigenvalue weighted by Crippen LogP contribution is -2.19. The molecule has 4 nitrogen and oxygen atoms in total. The zero-order valence-electron chi connectivity index (χ0n) is 14.4. The highest BCUT2D eigenvalue weighted by Gasteiger charge is 2.11. The van der Waals surface area contributed by atoms with Gasteiger partial charge in [0.15, 0.2) is 19.0 Å². The number of hydrogen-bond acceptors (Lipinski definition) is 4. The summed E-state index contributed by atoms with van der Waals surface area (Å²) in [7, 11) is 0. The van der Waals surface area contributed by atoms with Crippen LogP contribution in [0.3, 0.4) is 0 Å². The van der Waals surface area contributed by atoms with Crippen molar-refractivity contribution in [2.45, 2.75) is 0 Å². The Balaban J connectivity index is 1.47. The zero-order chi connectivity index (χ0) is 19.1. The summed E-state index contributed by atoms with van der Waals surface area (Å²) >= 11 is 3.30. The van der Waals surface area contributed by atoms with Gasteiger partial charge in [-0.05, 0) is 35.4 Å². The number of benzene rings is 3. The quantitative estimate of drug-likeness (QED) is 0.398. The maximum Gasteiger partial charge on any atom is 0.344 e. The number of ketones is 1. The Labute approximate surface area is 165 Å². The van der Waals surface area contributed by atoms with Gasteiger partial charge in [-0.3, -0.25) is 4.79 Å². The number of ether oxygens (including phenoxy) is 2. The number of carbonyl (C=O) groups excluding carboxylic acids is 2. The fourth-order valence-corrected chi connectivity index (χ4v) is 2.85. The van der Waals surface area contributed by atoms with Crippen molar-refractivity contribution >= 4 is 27.7 Å². The van der Waals surface area contributed by atoms with Crippen molar-refractivity contribution in [2.24, 2.45) is 0 Å². The van der Waals surface area contributed by atoms with Crippen LogP contribution in [0, 0.1) is 0 Å². The zero-order valence-corrected chi connectivity index (χ0v) is 16.0. The maximum atomic E-state index is 12.0. The molecule has 0 radical (unpaired) electrons. The number of rotatable bonds is 7. The van der Waals surface area contributed by atoms with Gasteiger partial charge in [-0.25, -0.2) is 4.79 Å². The molecule has 0 fully saturated rings. The molecule has 3 rings (SSSR count). The van der Waals surface area contributed by atoms with Crippen molar-refractivity contribution in [1.82, 2.24) is 0 Å². The Bertz CT molecular complexity index is 921. The molecule has 0 amide bonds. The lowest BCUT2D eigenvalue weighted by molar-refractivity contribution is -0.144. The van der Waals surface area contributed by atoms with Crippen LogP contribution in [0.4, 0.5) is 0 Å². The standard InChI is InChI=1S/C22H17BrO4/c23-19-8-4-7-18(13-19)21(24)14-27-22(25)15-26-20-11-9-17(10-12-20)16-5-2-1-3-6-16/h1-13H,14-15H2. The first-order valence-electron chi connectivity index (χ1n) is 8.34. The first-order chi connectivity index (χ1) is 13.1. The molecule has 0 atom stereocenters. The minimum atomic E-state index is -0.592. The molecule has 0 N–H and O–H groups in total. The van der Waals surface area contributed by atoms with Crippen molar-refractivity contribution in [1.29, 1.82) is 0 Å². The van der Waals surface area contributed by atoms with Crippen LogP contribution in [-0.2, 0) is 9.53 Å². The summed E-state index contributed by atoms with van der Waals surface area (Å²) in [6.45, 7) is -0.567. The van der Waals surface area contributed by atoms with Gasteiger partial charge in [-0.2, -0.15) is 0 Å². The van der Waals surface area contributed by atoms with Gasteiger partial charge in [-0.1, -0.05) is 70.5 Å². The molecule has 0 spiro atoms. The maximum absolute atomic E-state index is 12.0. The molecule has 0 aliphatic rings. The first kappa shape index (κ1) is 18.9. The van der Waals surface area contributed by atoms with Crippen LogP contribution in [0.25, 0.3) is 11.1 Å². The van der Waals surface area contributed by atoms with E-state index >= 15 is 0 Å². The molecule has 27 heavy (non-hydrogen) atoms. The molecular formula is C22H17BrO4. The Hall–Kier alpha value is -2.92. The average Bonchev–Trinajstić information content (AvgIpc) is 2.71. The first-order valence-corrected chi connectivity index (χ1v) is 9.14. The lowest BCUT2D eigenvalue weighted by Gasteiger charge is -2.08. The number of hydrogen-bond donors (Lipinski definition) is 0. The van der Waals surface area contributed by atoms with Crippen molar-refractivity contribution < 1.29 is 19.1 Å². The van der Waals surface area contributed by atoms with Crippen molar-refractivity contribution in [2.75, 3.05) is 13.2 Å². The third-order valence-electron chi connectivity index (χ3n) is 3.83. The largest absolute Gasteiger partial charge is 0.482 e. The van der Waals surface area contributed by atoms with E-state index < -0.39 is 5.97 Å². The summed E-state index contributed by atoms with van der Waals surface area (Å²) in [5, 5.41) is 0. The highest BCUT2D eigenvalue weighted by Crippen LogP contribution is 2.22. The third-order valence-corrected chi connectivity index (χ3v) is 4.32. The Kier molecular flexibility index (Phi) is 6.39. The highest BCUT2D eigenvalue weighted by molar-refractivity contribution is 9.10. The highest BCUT2D eigenvalue weighted by atomic mass is 79.9. The summed E-state index contributed by atoms with van der Waals surface area (Å²) < 4.78 is 11.2. The van der Waals surface area contributed by atoms with Crippen molar-refractivity contribution in [3.8, 4) is 16.9 Å². The summed E-state index contributed by atoms with van der Waals surface area (Å²) in [5.74, 6) is -0.299. The number of esters is 1. The second-order valence-electron chi connectivity index (χ2n) is 5.77. The van der Waals surface area contributed by atoms with E-state index in [1.807, 2.05) is 48.5 Å². The van der Waals surface area contributed by atoms with Crippen molar-refractivity contribution in [3.63, 3.8) is 0 Å². The average molecular weight is 425 g/mol. The van der Waals surface area contributed by atoms with Gasteiger partial charge in [0, 0.05) is 10.0 Å². The fourth-order valence-electron chi connectivity index (χ4n) is 2.45. The van der Waals surface area contributed by atoms with Gasteiger partial charge in [0.25, 0.3) is 0 Å². The number of carbonyl (C=O) groups is 2. The van der Waals surface area contributed by atoms with E-state index in [1.165, 1.54) is 0 Å². The Morgan fingerprint density at radius 2 is 1.48 bits per heavy atom. The van der Waals surface area contributed by atoms with Gasteiger partial charge < -0.3 is 9.47 Å². The molecule has 0 saturated carbocycles. The second kappa shape index (κ2) is 9.14. The van der Waals surface area contributed by atoms with Crippen LogP contribution in [-0.4, -0.2) is 25.0 Å². The monoisotopic (exact) mass is 424 g/mol. The van der Waals surface area contributed by atoms with Crippen LogP contribution in [0.1, 0.15) is 10.4 Å². The molecule has 0 bridgehead atoms. The molecule has 3 aromatic carbocycles. The Morgan fingerprint density at radius 1 is 0.778 bits per heavy atom. The minimum Gasteiger partial charge on any atom is -0.482 e.